The standard InChI is InChI=1S/C3H5NO.B/c1-2-3(4)5;/h2H,1H2,(H2,4,5);. The number of amides is 1. The van der Waals surface area contributed by atoms with Crippen LogP contribution in [0.25, 0.3) is 0 Å². The van der Waals surface area contributed by atoms with Crippen molar-refractivity contribution in [1.29, 1.82) is 0 Å². The molecule has 0 unspecified atom stereocenters. The molecule has 0 spiro atoms. The van der Waals surface area contributed by atoms with Gasteiger partial charge in [-0.1, -0.05) is 6.58 Å². The summed E-state index contributed by atoms with van der Waals surface area (Å²) in [5.74, 6) is -0.481. The summed E-state index contributed by atoms with van der Waals surface area (Å²) in [5, 5.41) is 0. The predicted octanol–water partition coefficient (Wildman–Crippen LogP) is -0.723. The van der Waals surface area contributed by atoms with Gasteiger partial charge >= 0.3 is 0 Å². The van der Waals surface area contributed by atoms with Gasteiger partial charge in [0.1, 0.15) is 0 Å². The van der Waals surface area contributed by atoms with Crippen LogP contribution in [0.1, 0.15) is 0 Å². The van der Waals surface area contributed by atoms with Crippen LogP contribution in [0.2, 0.25) is 0 Å². The van der Waals surface area contributed by atoms with Crippen LogP contribution in [0.15, 0.2) is 12.7 Å². The number of primary amides is 1. The summed E-state index contributed by atoms with van der Waals surface area (Å²) in [4.78, 5) is 9.47. The number of carbonyl (C=O) groups excluding carboxylic acids is 1. The molecule has 0 saturated heterocycles. The molecule has 0 aliphatic heterocycles. The molecule has 0 aliphatic rings. The van der Waals surface area contributed by atoms with Gasteiger partial charge in [-0.05, 0) is 6.08 Å². The van der Waals surface area contributed by atoms with E-state index in [1.165, 1.54) is 0 Å². The van der Waals surface area contributed by atoms with E-state index in [9.17, 15) is 4.79 Å². The molecule has 31 valence electrons. The van der Waals surface area contributed by atoms with Gasteiger partial charge in [0.2, 0.25) is 5.91 Å². The molecular formula is C3H5BNO. The number of carbonyl (C=O) groups is 1. The number of hydrogen-bond donors (Lipinski definition) is 1. The second-order valence-electron chi connectivity index (χ2n) is 0.606. The molecule has 0 saturated carbocycles. The first-order chi connectivity index (χ1) is 2.27. The average molecular weight is 81.9 g/mol. The molecule has 3 heteroatoms. The number of nitrogens with two attached hydrogens (primary N) is 1. The fraction of sp³-hybridized carbons (Fsp3) is 0. The molecule has 0 fully saturated rings. The normalized spacial score (nSPS) is 5.33. The second-order valence-corrected chi connectivity index (χ2v) is 0.606. The minimum atomic E-state index is -0.481. The van der Waals surface area contributed by atoms with Crippen LogP contribution in [-0.4, -0.2) is 14.3 Å². The van der Waals surface area contributed by atoms with Gasteiger partial charge in [0.15, 0.2) is 0 Å². The Labute approximate surface area is 38.6 Å². The molecule has 2 N–H and O–H groups in total. The monoisotopic (exact) mass is 82.0 g/mol. The third-order valence-electron chi connectivity index (χ3n) is 0.201. The van der Waals surface area contributed by atoms with Crippen molar-refractivity contribution in [3.8, 4) is 0 Å². The van der Waals surface area contributed by atoms with Gasteiger partial charge in [0.25, 0.3) is 0 Å². The van der Waals surface area contributed by atoms with Gasteiger partial charge in [0.05, 0.1) is 0 Å². The van der Waals surface area contributed by atoms with Crippen LogP contribution >= 0.6 is 0 Å². The first-order valence-corrected chi connectivity index (χ1v) is 1.19. The Balaban J connectivity index is 0. The van der Waals surface area contributed by atoms with Gasteiger partial charge in [0, 0.05) is 8.41 Å². The Morgan fingerprint density at radius 2 is 2.00 bits per heavy atom. The second kappa shape index (κ2) is 4.27. The first-order valence-electron chi connectivity index (χ1n) is 1.19. The molecule has 0 aliphatic carbocycles. The Morgan fingerprint density at radius 3 is 2.00 bits per heavy atom. The number of rotatable bonds is 1. The van der Waals surface area contributed by atoms with E-state index in [2.05, 4.69) is 12.3 Å². The third-order valence-corrected chi connectivity index (χ3v) is 0.201. The largest absolute Gasteiger partial charge is 0.366 e. The van der Waals surface area contributed by atoms with Crippen molar-refractivity contribution in [3.05, 3.63) is 12.7 Å². The molecule has 2 nitrogen and oxygen atoms in total. The molecule has 0 bridgehead atoms. The summed E-state index contributed by atoms with van der Waals surface area (Å²) in [7, 11) is 0. The molecule has 0 atom stereocenters. The lowest BCUT2D eigenvalue weighted by molar-refractivity contribution is -0.113. The van der Waals surface area contributed by atoms with E-state index in [1.807, 2.05) is 0 Å². The van der Waals surface area contributed by atoms with Gasteiger partial charge in [-0.15, -0.1) is 0 Å². The van der Waals surface area contributed by atoms with Crippen LogP contribution < -0.4 is 5.73 Å². The maximum atomic E-state index is 9.47. The van der Waals surface area contributed by atoms with Crippen molar-refractivity contribution in [1.82, 2.24) is 0 Å². The lowest BCUT2D eigenvalue weighted by atomic mass is 10.6. The molecule has 6 heavy (non-hydrogen) atoms. The van der Waals surface area contributed by atoms with Gasteiger partial charge < -0.3 is 5.73 Å². The highest BCUT2D eigenvalue weighted by Crippen LogP contribution is 1.48. The Bertz CT molecular complexity index is 61.8. The Kier molecular flexibility index (Phi) is 6.40. The SMILES string of the molecule is C=CC(N)=O.[B]. The van der Waals surface area contributed by atoms with Crippen molar-refractivity contribution >= 4 is 14.3 Å². The molecule has 0 aromatic heterocycles. The van der Waals surface area contributed by atoms with E-state index in [0.29, 0.717) is 0 Å². The maximum absolute atomic E-state index is 9.47. The minimum absolute atomic E-state index is 0. The maximum Gasteiger partial charge on any atom is 0.240 e. The van der Waals surface area contributed by atoms with Gasteiger partial charge in [-0.2, -0.15) is 0 Å². The van der Waals surface area contributed by atoms with E-state index in [4.69, 9.17) is 0 Å². The first kappa shape index (κ1) is 8.99. The highest BCUT2D eigenvalue weighted by molar-refractivity contribution is 5.84. The highest BCUT2D eigenvalue weighted by atomic mass is 16.1. The van der Waals surface area contributed by atoms with Gasteiger partial charge in [-0.25, -0.2) is 0 Å². The lowest BCUT2D eigenvalue weighted by Gasteiger charge is -1.65. The van der Waals surface area contributed by atoms with Crippen molar-refractivity contribution < 1.29 is 4.79 Å². The van der Waals surface area contributed by atoms with E-state index < -0.39 is 5.91 Å². The predicted molar refractivity (Wildman–Crippen MR) is 25.1 cm³/mol. The molecule has 1 amide bonds. The number of hydrogen-bond acceptors (Lipinski definition) is 1. The van der Waals surface area contributed by atoms with E-state index >= 15 is 0 Å². The quantitative estimate of drug-likeness (QED) is 0.329. The average Bonchev–Trinajstić information content (AvgIpc) is 1.38. The zero-order valence-corrected chi connectivity index (χ0v) is 3.35. The van der Waals surface area contributed by atoms with Crippen LogP contribution in [0, 0.1) is 0 Å². The van der Waals surface area contributed by atoms with Crippen LogP contribution in [0.3, 0.4) is 0 Å². The van der Waals surface area contributed by atoms with E-state index in [0.717, 1.165) is 6.08 Å². The Hall–Kier alpha value is -0.725. The lowest BCUT2D eigenvalue weighted by Crippen LogP contribution is -2.04. The summed E-state index contributed by atoms with van der Waals surface area (Å²) in [6, 6.07) is 0. The highest BCUT2D eigenvalue weighted by Gasteiger charge is 1.69. The Morgan fingerprint density at radius 1 is 1.83 bits per heavy atom. The van der Waals surface area contributed by atoms with Crippen molar-refractivity contribution in [3.63, 3.8) is 0 Å². The third kappa shape index (κ3) is 10.4. The summed E-state index contributed by atoms with van der Waals surface area (Å²) < 4.78 is 0. The van der Waals surface area contributed by atoms with Crippen molar-refractivity contribution in [2.75, 3.05) is 0 Å². The van der Waals surface area contributed by atoms with Crippen LogP contribution in [0.5, 0.6) is 0 Å². The molecule has 3 radical (unpaired) electrons. The molecule has 0 heterocycles. The van der Waals surface area contributed by atoms with Crippen molar-refractivity contribution in [2.24, 2.45) is 5.73 Å². The minimum Gasteiger partial charge on any atom is -0.366 e. The molecular weight excluding hydrogens is 76.9 g/mol. The summed E-state index contributed by atoms with van der Waals surface area (Å²) in [5.41, 5.74) is 4.53. The van der Waals surface area contributed by atoms with Crippen LogP contribution in [0.4, 0.5) is 0 Å². The smallest absolute Gasteiger partial charge is 0.240 e. The van der Waals surface area contributed by atoms with Crippen LogP contribution in [-0.2, 0) is 4.79 Å². The van der Waals surface area contributed by atoms with Crippen molar-refractivity contribution in [2.45, 2.75) is 0 Å². The summed E-state index contributed by atoms with van der Waals surface area (Å²) in [6.45, 7) is 3.09. The summed E-state index contributed by atoms with van der Waals surface area (Å²) in [6.07, 6.45) is 1.06. The van der Waals surface area contributed by atoms with E-state index in [1.54, 1.807) is 0 Å². The summed E-state index contributed by atoms with van der Waals surface area (Å²) >= 11 is 0. The zero-order chi connectivity index (χ0) is 4.28. The van der Waals surface area contributed by atoms with E-state index in [-0.39, 0.29) is 8.41 Å². The molecule has 0 aromatic carbocycles. The fourth-order valence-electron chi connectivity index (χ4n) is 0. The molecule has 0 aromatic rings. The molecule has 0 rings (SSSR count). The fourth-order valence-corrected chi connectivity index (χ4v) is 0. The topological polar surface area (TPSA) is 43.1 Å². The van der Waals surface area contributed by atoms with Gasteiger partial charge in [-0.3, -0.25) is 4.79 Å². The zero-order valence-electron chi connectivity index (χ0n) is 3.35.